The standard InChI is InChI=1S/C11H21N3O4S/c1-11(2,19-3)6-13-10(18)14-7(9(16)17)4-5-8(12)15/h7H,4-6H2,1-3H3,(H2,12,15)(H,16,17)(H2,13,14,18). The summed E-state index contributed by atoms with van der Waals surface area (Å²) in [5, 5.41) is 13.8. The molecular weight excluding hydrogens is 270 g/mol. The molecule has 7 nitrogen and oxygen atoms in total. The highest BCUT2D eigenvalue weighted by Crippen LogP contribution is 2.19. The molecule has 0 aromatic heterocycles. The number of urea groups is 1. The van der Waals surface area contributed by atoms with Crippen molar-refractivity contribution in [2.75, 3.05) is 12.8 Å². The first kappa shape index (κ1) is 17.6. The van der Waals surface area contributed by atoms with Gasteiger partial charge in [0.1, 0.15) is 6.04 Å². The zero-order chi connectivity index (χ0) is 15.1. The Morgan fingerprint density at radius 1 is 1.37 bits per heavy atom. The molecule has 0 spiro atoms. The summed E-state index contributed by atoms with van der Waals surface area (Å²) in [5.41, 5.74) is 4.94. The predicted octanol–water partition coefficient (Wildman–Crippen LogP) is 0.146. The van der Waals surface area contributed by atoms with Gasteiger partial charge in [0.15, 0.2) is 0 Å². The Balaban J connectivity index is 4.25. The lowest BCUT2D eigenvalue weighted by molar-refractivity contribution is -0.139. The maximum absolute atomic E-state index is 11.6. The molecule has 0 rings (SSSR count). The third-order valence-electron chi connectivity index (χ3n) is 2.51. The first-order valence-electron chi connectivity index (χ1n) is 5.78. The van der Waals surface area contributed by atoms with Crippen LogP contribution in [0.1, 0.15) is 26.7 Å². The van der Waals surface area contributed by atoms with Crippen molar-refractivity contribution in [2.24, 2.45) is 5.73 Å². The van der Waals surface area contributed by atoms with Crippen LogP contribution < -0.4 is 16.4 Å². The van der Waals surface area contributed by atoms with Crippen molar-refractivity contribution in [3.63, 3.8) is 0 Å². The number of rotatable bonds is 8. The van der Waals surface area contributed by atoms with Crippen LogP contribution in [0.15, 0.2) is 0 Å². The molecule has 0 heterocycles. The van der Waals surface area contributed by atoms with E-state index in [-0.39, 0.29) is 17.6 Å². The molecule has 0 saturated carbocycles. The van der Waals surface area contributed by atoms with Crippen LogP contribution in [-0.2, 0) is 9.59 Å². The lowest BCUT2D eigenvalue weighted by Gasteiger charge is -2.23. The fourth-order valence-corrected chi connectivity index (χ4v) is 1.34. The van der Waals surface area contributed by atoms with Gasteiger partial charge in [0.05, 0.1) is 0 Å². The van der Waals surface area contributed by atoms with E-state index >= 15 is 0 Å². The number of thioether (sulfide) groups is 1. The van der Waals surface area contributed by atoms with Gasteiger partial charge in [-0.05, 0) is 26.5 Å². The number of hydrogen-bond donors (Lipinski definition) is 4. The van der Waals surface area contributed by atoms with E-state index in [1.54, 1.807) is 11.8 Å². The molecular formula is C11H21N3O4S. The second-order valence-electron chi connectivity index (χ2n) is 4.69. The first-order chi connectivity index (χ1) is 8.68. The number of carbonyl (C=O) groups is 3. The molecule has 5 N–H and O–H groups in total. The molecule has 0 aliphatic heterocycles. The van der Waals surface area contributed by atoms with Crippen molar-refractivity contribution in [1.29, 1.82) is 0 Å². The Kier molecular flexibility index (Phi) is 7.28. The Morgan fingerprint density at radius 3 is 2.37 bits per heavy atom. The summed E-state index contributed by atoms with van der Waals surface area (Å²) in [7, 11) is 0. The van der Waals surface area contributed by atoms with Crippen LogP contribution in [0.25, 0.3) is 0 Å². The molecule has 1 atom stereocenters. The molecule has 1 unspecified atom stereocenters. The van der Waals surface area contributed by atoms with E-state index < -0.39 is 23.9 Å². The molecule has 0 aliphatic rings. The summed E-state index contributed by atoms with van der Waals surface area (Å²) in [6, 6.07) is -1.69. The van der Waals surface area contributed by atoms with Gasteiger partial charge in [-0.25, -0.2) is 9.59 Å². The molecule has 0 radical (unpaired) electrons. The minimum Gasteiger partial charge on any atom is -0.480 e. The van der Waals surface area contributed by atoms with Gasteiger partial charge in [0, 0.05) is 17.7 Å². The molecule has 8 heteroatoms. The number of nitrogens with two attached hydrogens (primary N) is 1. The SMILES string of the molecule is CSC(C)(C)CNC(=O)NC(CCC(N)=O)C(=O)O. The molecule has 0 aromatic carbocycles. The second-order valence-corrected chi connectivity index (χ2v) is 6.20. The largest absolute Gasteiger partial charge is 0.480 e. The summed E-state index contributed by atoms with van der Waals surface area (Å²) in [6.45, 7) is 4.32. The molecule has 0 aromatic rings. The number of aliphatic carboxylic acids is 1. The number of primary amides is 1. The average molecular weight is 291 g/mol. The molecule has 0 aliphatic carbocycles. The van der Waals surface area contributed by atoms with Crippen molar-refractivity contribution < 1.29 is 19.5 Å². The molecule has 0 fully saturated rings. The van der Waals surface area contributed by atoms with E-state index in [1.807, 2.05) is 20.1 Å². The summed E-state index contributed by atoms with van der Waals surface area (Å²) in [4.78, 5) is 33.1. The van der Waals surface area contributed by atoms with Crippen LogP contribution in [0, 0.1) is 0 Å². The van der Waals surface area contributed by atoms with E-state index in [1.165, 1.54) is 0 Å². The molecule has 3 amide bonds. The number of nitrogens with one attached hydrogen (secondary N) is 2. The van der Waals surface area contributed by atoms with E-state index in [4.69, 9.17) is 10.8 Å². The van der Waals surface area contributed by atoms with E-state index in [2.05, 4.69) is 10.6 Å². The second kappa shape index (κ2) is 7.88. The first-order valence-corrected chi connectivity index (χ1v) is 7.01. The van der Waals surface area contributed by atoms with Gasteiger partial charge in [0.2, 0.25) is 5.91 Å². The van der Waals surface area contributed by atoms with E-state index in [9.17, 15) is 14.4 Å². The van der Waals surface area contributed by atoms with Gasteiger partial charge in [-0.2, -0.15) is 11.8 Å². The molecule has 0 bridgehead atoms. The Bertz CT molecular complexity index is 347. The van der Waals surface area contributed by atoms with Crippen LogP contribution in [0.2, 0.25) is 0 Å². The number of amides is 3. The fourth-order valence-electron chi connectivity index (χ4n) is 1.12. The van der Waals surface area contributed by atoms with Gasteiger partial charge < -0.3 is 21.5 Å². The van der Waals surface area contributed by atoms with Crippen LogP contribution >= 0.6 is 11.8 Å². The Morgan fingerprint density at radius 2 is 1.95 bits per heavy atom. The fraction of sp³-hybridized carbons (Fsp3) is 0.727. The summed E-state index contributed by atoms with van der Waals surface area (Å²) < 4.78 is -0.136. The van der Waals surface area contributed by atoms with Crippen molar-refractivity contribution in [3.05, 3.63) is 0 Å². The third kappa shape index (κ3) is 8.30. The minimum absolute atomic E-state index is 0.0238. The van der Waals surface area contributed by atoms with Gasteiger partial charge in [0.25, 0.3) is 0 Å². The zero-order valence-electron chi connectivity index (χ0n) is 11.4. The smallest absolute Gasteiger partial charge is 0.326 e. The van der Waals surface area contributed by atoms with Crippen molar-refractivity contribution in [2.45, 2.75) is 37.5 Å². The van der Waals surface area contributed by atoms with Crippen molar-refractivity contribution in [1.82, 2.24) is 10.6 Å². The van der Waals surface area contributed by atoms with E-state index in [0.717, 1.165) is 0 Å². The highest BCUT2D eigenvalue weighted by molar-refractivity contribution is 7.99. The normalized spacial score (nSPS) is 12.6. The Hall–Kier alpha value is -1.44. The summed E-state index contributed by atoms with van der Waals surface area (Å²) in [6.07, 6.45) is 1.81. The van der Waals surface area contributed by atoms with Crippen molar-refractivity contribution >= 4 is 29.7 Å². The lowest BCUT2D eigenvalue weighted by Crippen LogP contribution is -2.48. The zero-order valence-corrected chi connectivity index (χ0v) is 12.2. The third-order valence-corrected chi connectivity index (χ3v) is 3.76. The predicted molar refractivity (Wildman–Crippen MR) is 74.0 cm³/mol. The number of carboxylic acid groups (broad SMARTS) is 1. The maximum Gasteiger partial charge on any atom is 0.326 e. The van der Waals surface area contributed by atoms with Gasteiger partial charge in [-0.1, -0.05) is 0 Å². The highest BCUT2D eigenvalue weighted by atomic mass is 32.2. The molecule has 110 valence electrons. The Labute approximate surface area is 116 Å². The summed E-state index contributed by atoms with van der Waals surface area (Å²) in [5.74, 6) is -1.79. The highest BCUT2D eigenvalue weighted by Gasteiger charge is 2.22. The van der Waals surface area contributed by atoms with Gasteiger partial charge in [-0.3, -0.25) is 4.79 Å². The minimum atomic E-state index is -1.19. The van der Waals surface area contributed by atoms with Gasteiger partial charge in [-0.15, -0.1) is 0 Å². The number of hydrogen-bond acceptors (Lipinski definition) is 4. The topological polar surface area (TPSA) is 122 Å². The van der Waals surface area contributed by atoms with E-state index in [0.29, 0.717) is 6.54 Å². The van der Waals surface area contributed by atoms with Crippen LogP contribution in [0.3, 0.4) is 0 Å². The van der Waals surface area contributed by atoms with Crippen LogP contribution in [0.5, 0.6) is 0 Å². The average Bonchev–Trinajstić information content (AvgIpc) is 2.31. The molecule has 19 heavy (non-hydrogen) atoms. The number of carboxylic acids is 1. The van der Waals surface area contributed by atoms with Crippen LogP contribution in [-0.4, -0.2) is 46.6 Å². The van der Waals surface area contributed by atoms with Gasteiger partial charge >= 0.3 is 12.0 Å². The molecule has 0 saturated heterocycles. The van der Waals surface area contributed by atoms with Crippen molar-refractivity contribution in [3.8, 4) is 0 Å². The maximum atomic E-state index is 11.6. The number of carbonyl (C=O) groups excluding carboxylic acids is 2. The summed E-state index contributed by atoms with van der Waals surface area (Å²) >= 11 is 1.59. The monoisotopic (exact) mass is 291 g/mol. The van der Waals surface area contributed by atoms with Crippen LogP contribution in [0.4, 0.5) is 4.79 Å². The lowest BCUT2D eigenvalue weighted by atomic mass is 10.1. The quantitative estimate of drug-likeness (QED) is 0.507.